The third-order valence-corrected chi connectivity index (χ3v) is 2.79. The van der Waals surface area contributed by atoms with Crippen LogP contribution in [-0.4, -0.2) is 4.92 Å². The third kappa shape index (κ3) is 3.32. The lowest BCUT2D eigenvalue weighted by molar-refractivity contribution is -0.386. The van der Waals surface area contributed by atoms with E-state index in [1.807, 2.05) is 32.0 Å². The summed E-state index contributed by atoms with van der Waals surface area (Å²) in [6.45, 7) is 4.08. The summed E-state index contributed by atoms with van der Waals surface area (Å²) in [4.78, 5) is 10.3. The summed E-state index contributed by atoms with van der Waals surface area (Å²) >= 11 is 0. The van der Waals surface area contributed by atoms with Crippen molar-refractivity contribution in [3.05, 3.63) is 69.0 Å². The lowest BCUT2D eigenvalue weighted by Crippen LogP contribution is -2.00. The van der Waals surface area contributed by atoms with Gasteiger partial charge in [0, 0.05) is 12.1 Å². The molecule has 2 aromatic carbocycles. The number of halogens is 1. The molecule has 0 saturated carbocycles. The van der Waals surface area contributed by atoms with Gasteiger partial charge in [-0.2, -0.15) is 0 Å². The maximum Gasteiger partial charge on any atom is 0.311 e. The molecular weight excluding hydrogens is 261 g/mol. The fourth-order valence-corrected chi connectivity index (χ4v) is 2.07. The van der Waals surface area contributed by atoms with E-state index < -0.39 is 10.7 Å². The van der Waals surface area contributed by atoms with Gasteiger partial charge < -0.3 is 4.74 Å². The zero-order valence-corrected chi connectivity index (χ0v) is 11.2. The average Bonchev–Trinajstić information content (AvgIpc) is 2.35. The van der Waals surface area contributed by atoms with E-state index in [4.69, 9.17) is 4.74 Å². The summed E-state index contributed by atoms with van der Waals surface area (Å²) in [6, 6.07) is 9.05. The first kappa shape index (κ1) is 14.0. The zero-order chi connectivity index (χ0) is 14.7. The van der Waals surface area contributed by atoms with E-state index >= 15 is 0 Å². The number of nitro groups is 1. The topological polar surface area (TPSA) is 52.4 Å². The molecule has 0 aliphatic carbocycles. The number of aryl methyl sites for hydroxylation is 2. The van der Waals surface area contributed by atoms with Gasteiger partial charge in [0.25, 0.3) is 0 Å². The Bertz CT molecular complexity index is 635. The van der Waals surface area contributed by atoms with Crippen molar-refractivity contribution in [3.63, 3.8) is 0 Å². The van der Waals surface area contributed by atoms with Crippen molar-refractivity contribution >= 4 is 5.69 Å². The minimum absolute atomic E-state index is 0.0610. The first-order valence-corrected chi connectivity index (χ1v) is 6.09. The Morgan fingerprint density at radius 1 is 1.15 bits per heavy atom. The quantitative estimate of drug-likeness (QED) is 0.627. The van der Waals surface area contributed by atoms with Crippen LogP contribution in [0.3, 0.4) is 0 Å². The summed E-state index contributed by atoms with van der Waals surface area (Å²) in [5.41, 5.74) is 2.81. The molecule has 0 aliphatic rings. The second-order valence-corrected chi connectivity index (χ2v) is 4.65. The summed E-state index contributed by atoms with van der Waals surface area (Å²) in [5.74, 6) is -0.625. The first-order valence-electron chi connectivity index (χ1n) is 6.09. The van der Waals surface area contributed by atoms with Crippen LogP contribution in [0.25, 0.3) is 0 Å². The van der Waals surface area contributed by atoms with Crippen molar-refractivity contribution in [2.75, 3.05) is 0 Å². The van der Waals surface area contributed by atoms with Gasteiger partial charge in [0.2, 0.25) is 0 Å². The van der Waals surface area contributed by atoms with Gasteiger partial charge in [-0.15, -0.1) is 0 Å². The fraction of sp³-hybridized carbons (Fsp3) is 0.200. The molecular formula is C15H14FNO3. The van der Waals surface area contributed by atoms with Gasteiger partial charge in [0.05, 0.1) is 4.92 Å². The van der Waals surface area contributed by atoms with Crippen LogP contribution in [0.2, 0.25) is 0 Å². The molecule has 5 heteroatoms. The highest BCUT2D eigenvalue weighted by atomic mass is 19.1. The SMILES string of the molecule is Cc1cc(C)cc(COc2cc(F)ccc2[N+](=O)[O-])c1. The van der Waals surface area contributed by atoms with E-state index in [0.717, 1.165) is 34.9 Å². The molecule has 0 N–H and O–H groups in total. The predicted octanol–water partition coefficient (Wildman–Crippen LogP) is 3.93. The van der Waals surface area contributed by atoms with Crippen molar-refractivity contribution in [2.24, 2.45) is 0 Å². The second-order valence-electron chi connectivity index (χ2n) is 4.65. The monoisotopic (exact) mass is 275 g/mol. The number of hydrogen-bond donors (Lipinski definition) is 0. The van der Waals surface area contributed by atoms with Crippen LogP contribution in [-0.2, 0) is 6.61 Å². The van der Waals surface area contributed by atoms with E-state index in [-0.39, 0.29) is 18.0 Å². The van der Waals surface area contributed by atoms with Crippen LogP contribution < -0.4 is 4.74 Å². The van der Waals surface area contributed by atoms with Crippen molar-refractivity contribution in [2.45, 2.75) is 20.5 Å². The molecule has 0 spiro atoms. The molecule has 0 aromatic heterocycles. The van der Waals surface area contributed by atoms with Gasteiger partial charge in [0.15, 0.2) is 5.75 Å². The number of nitrogens with zero attached hydrogens (tertiary/aromatic N) is 1. The summed E-state index contributed by atoms with van der Waals surface area (Å²) in [7, 11) is 0. The molecule has 4 nitrogen and oxygen atoms in total. The molecule has 0 atom stereocenters. The molecule has 0 radical (unpaired) electrons. The van der Waals surface area contributed by atoms with Gasteiger partial charge in [-0.3, -0.25) is 10.1 Å². The minimum atomic E-state index is -0.587. The molecule has 2 aromatic rings. The second kappa shape index (κ2) is 5.69. The molecule has 0 fully saturated rings. The number of rotatable bonds is 4. The maximum absolute atomic E-state index is 13.2. The van der Waals surface area contributed by atoms with E-state index in [2.05, 4.69) is 0 Å². The first-order chi connectivity index (χ1) is 9.45. The van der Waals surface area contributed by atoms with Gasteiger partial charge in [0.1, 0.15) is 12.4 Å². The molecule has 0 amide bonds. The van der Waals surface area contributed by atoms with Crippen molar-refractivity contribution in [3.8, 4) is 5.75 Å². The van der Waals surface area contributed by atoms with E-state index in [1.165, 1.54) is 0 Å². The molecule has 0 unspecified atom stereocenters. The molecule has 2 rings (SSSR count). The average molecular weight is 275 g/mol. The van der Waals surface area contributed by atoms with E-state index in [1.54, 1.807) is 0 Å². The number of hydrogen-bond acceptors (Lipinski definition) is 3. The highest BCUT2D eigenvalue weighted by molar-refractivity contribution is 5.46. The van der Waals surface area contributed by atoms with Crippen LogP contribution in [0.15, 0.2) is 36.4 Å². The number of ether oxygens (including phenoxy) is 1. The van der Waals surface area contributed by atoms with Crippen LogP contribution in [0.5, 0.6) is 5.75 Å². The minimum Gasteiger partial charge on any atom is -0.482 e. The molecule has 0 aliphatic heterocycles. The Morgan fingerprint density at radius 2 is 1.80 bits per heavy atom. The third-order valence-electron chi connectivity index (χ3n) is 2.79. The van der Waals surface area contributed by atoms with Crippen molar-refractivity contribution < 1.29 is 14.1 Å². The van der Waals surface area contributed by atoms with Crippen molar-refractivity contribution in [1.29, 1.82) is 0 Å². The van der Waals surface area contributed by atoms with Gasteiger partial charge >= 0.3 is 5.69 Å². The molecule has 0 bridgehead atoms. The predicted molar refractivity (Wildman–Crippen MR) is 73.3 cm³/mol. The standard InChI is InChI=1S/C15H14FNO3/c1-10-5-11(2)7-12(6-10)9-20-15-8-13(16)3-4-14(15)17(18)19/h3-8H,9H2,1-2H3. The largest absolute Gasteiger partial charge is 0.482 e. The molecule has 104 valence electrons. The Balaban J connectivity index is 2.22. The molecule has 0 heterocycles. The van der Waals surface area contributed by atoms with E-state index in [9.17, 15) is 14.5 Å². The van der Waals surface area contributed by atoms with E-state index in [0.29, 0.717) is 0 Å². The summed E-state index contributed by atoms with van der Waals surface area (Å²) < 4.78 is 18.6. The van der Waals surface area contributed by atoms with Gasteiger partial charge in [-0.1, -0.05) is 29.3 Å². The number of benzene rings is 2. The Morgan fingerprint density at radius 3 is 2.40 bits per heavy atom. The smallest absolute Gasteiger partial charge is 0.311 e. The van der Waals surface area contributed by atoms with Crippen LogP contribution >= 0.6 is 0 Å². The van der Waals surface area contributed by atoms with Gasteiger partial charge in [-0.25, -0.2) is 4.39 Å². The summed E-state index contributed by atoms with van der Waals surface area (Å²) in [6.07, 6.45) is 0. The van der Waals surface area contributed by atoms with Crippen LogP contribution in [0.1, 0.15) is 16.7 Å². The summed E-state index contributed by atoms with van der Waals surface area (Å²) in [5, 5.41) is 10.9. The fourth-order valence-electron chi connectivity index (χ4n) is 2.07. The lowest BCUT2D eigenvalue weighted by Gasteiger charge is -2.08. The molecule has 20 heavy (non-hydrogen) atoms. The highest BCUT2D eigenvalue weighted by Crippen LogP contribution is 2.28. The molecule has 0 saturated heterocycles. The Labute approximate surface area is 116 Å². The van der Waals surface area contributed by atoms with Crippen molar-refractivity contribution in [1.82, 2.24) is 0 Å². The zero-order valence-electron chi connectivity index (χ0n) is 11.2. The highest BCUT2D eigenvalue weighted by Gasteiger charge is 2.16. The van der Waals surface area contributed by atoms with Crippen LogP contribution in [0, 0.1) is 29.8 Å². The normalized spacial score (nSPS) is 10.3. The lowest BCUT2D eigenvalue weighted by atomic mass is 10.1. The van der Waals surface area contributed by atoms with Crippen LogP contribution in [0.4, 0.5) is 10.1 Å². The number of nitro benzene ring substituents is 1. The Kier molecular flexibility index (Phi) is 3.98. The Hall–Kier alpha value is -2.43. The van der Waals surface area contributed by atoms with Gasteiger partial charge in [-0.05, 0) is 25.5 Å². The maximum atomic E-state index is 13.2.